The minimum atomic E-state index is -0.202. The smallest absolute Gasteiger partial charge is 0.0882 e. The first kappa shape index (κ1) is 14.1. The van der Waals surface area contributed by atoms with Gasteiger partial charge in [-0.3, -0.25) is 0 Å². The van der Waals surface area contributed by atoms with E-state index in [2.05, 4.69) is 13.0 Å². The lowest BCUT2D eigenvalue weighted by Crippen LogP contribution is -1.94. The zero-order valence-corrected chi connectivity index (χ0v) is 12.4. The Morgan fingerprint density at radius 3 is 2.72 bits per heavy atom. The van der Waals surface area contributed by atoms with Crippen molar-refractivity contribution < 1.29 is 5.11 Å². The van der Waals surface area contributed by atoms with Crippen LogP contribution in [0.5, 0.6) is 0 Å². The molecule has 2 rings (SSSR count). The fourth-order valence-corrected chi connectivity index (χ4v) is 4.05. The molecule has 2 heteroatoms. The summed E-state index contributed by atoms with van der Waals surface area (Å²) in [6.07, 6.45) is 12.4. The Labute approximate surface area is 115 Å². The number of rotatable bonds is 8. The molecule has 0 saturated carbocycles. The van der Waals surface area contributed by atoms with Crippen molar-refractivity contribution in [3.63, 3.8) is 0 Å². The first-order valence-electron chi connectivity index (χ1n) is 7.60. The summed E-state index contributed by atoms with van der Waals surface area (Å²) in [5.41, 5.74) is 1.51. The van der Waals surface area contributed by atoms with Crippen molar-refractivity contribution in [2.45, 2.75) is 77.2 Å². The summed E-state index contributed by atoms with van der Waals surface area (Å²) in [7, 11) is 0. The third-order valence-electron chi connectivity index (χ3n) is 3.93. The van der Waals surface area contributed by atoms with Crippen LogP contribution in [0.2, 0.25) is 0 Å². The molecule has 1 aliphatic rings. The normalized spacial score (nSPS) is 15.9. The molecular formula is C16H26OS. The molecule has 1 atom stereocenters. The second kappa shape index (κ2) is 7.30. The number of aliphatic hydroxyl groups is 1. The van der Waals surface area contributed by atoms with Gasteiger partial charge in [0.2, 0.25) is 0 Å². The summed E-state index contributed by atoms with van der Waals surface area (Å²) in [6, 6.07) is 2.26. The Morgan fingerprint density at radius 1 is 1.17 bits per heavy atom. The summed E-state index contributed by atoms with van der Waals surface area (Å²) in [5, 5.41) is 10.2. The topological polar surface area (TPSA) is 20.2 Å². The van der Waals surface area contributed by atoms with Gasteiger partial charge in [-0.1, -0.05) is 45.4 Å². The number of aryl methyl sites for hydroxylation is 2. The maximum absolute atomic E-state index is 10.2. The van der Waals surface area contributed by atoms with Crippen LogP contribution in [0.4, 0.5) is 0 Å². The molecule has 0 fully saturated rings. The van der Waals surface area contributed by atoms with Crippen LogP contribution in [0.1, 0.15) is 79.7 Å². The van der Waals surface area contributed by atoms with Crippen LogP contribution in [0, 0.1) is 0 Å². The van der Waals surface area contributed by atoms with Crippen molar-refractivity contribution in [3.05, 3.63) is 21.4 Å². The van der Waals surface area contributed by atoms with Gasteiger partial charge < -0.3 is 5.11 Å². The van der Waals surface area contributed by atoms with E-state index in [1.807, 2.05) is 11.3 Å². The van der Waals surface area contributed by atoms with Crippen LogP contribution in [0.15, 0.2) is 6.07 Å². The lowest BCUT2D eigenvalue weighted by molar-refractivity contribution is 0.167. The first-order chi connectivity index (χ1) is 8.81. The van der Waals surface area contributed by atoms with Crippen molar-refractivity contribution in [2.24, 2.45) is 0 Å². The van der Waals surface area contributed by atoms with Crippen LogP contribution in [-0.4, -0.2) is 5.11 Å². The highest BCUT2D eigenvalue weighted by molar-refractivity contribution is 7.12. The highest BCUT2D eigenvalue weighted by atomic mass is 32.1. The molecule has 1 N–H and O–H groups in total. The summed E-state index contributed by atoms with van der Waals surface area (Å²) in [6.45, 7) is 2.25. The molecule has 0 saturated heterocycles. The van der Waals surface area contributed by atoms with E-state index in [9.17, 15) is 5.11 Å². The second-order valence-corrected chi connectivity index (χ2v) is 6.69. The molecule has 1 heterocycles. The molecule has 0 aliphatic heterocycles. The zero-order valence-electron chi connectivity index (χ0n) is 11.6. The molecule has 102 valence electrons. The summed E-state index contributed by atoms with van der Waals surface area (Å²) < 4.78 is 0. The predicted octanol–water partition coefficient (Wildman–Crippen LogP) is 5.02. The number of unbranched alkanes of at least 4 members (excludes halogenated alkanes) is 5. The van der Waals surface area contributed by atoms with Crippen molar-refractivity contribution in [1.82, 2.24) is 0 Å². The zero-order chi connectivity index (χ0) is 12.8. The number of thiophene rings is 1. The summed E-state index contributed by atoms with van der Waals surface area (Å²) >= 11 is 1.85. The third-order valence-corrected chi connectivity index (χ3v) is 5.26. The van der Waals surface area contributed by atoms with Gasteiger partial charge in [-0.2, -0.15) is 0 Å². The van der Waals surface area contributed by atoms with Gasteiger partial charge in [-0.25, -0.2) is 0 Å². The Kier molecular flexibility index (Phi) is 5.71. The van der Waals surface area contributed by atoms with E-state index in [1.165, 1.54) is 73.1 Å². The van der Waals surface area contributed by atoms with E-state index in [-0.39, 0.29) is 6.10 Å². The number of hydrogen-bond donors (Lipinski definition) is 1. The molecule has 0 bridgehead atoms. The van der Waals surface area contributed by atoms with Crippen LogP contribution in [-0.2, 0) is 12.8 Å². The van der Waals surface area contributed by atoms with Gasteiger partial charge in [0.1, 0.15) is 0 Å². The molecule has 18 heavy (non-hydrogen) atoms. The van der Waals surface area contributed by atoms with Gasteiger partial charge >= 0.3 is 0 Å². The van der Waals surface area contributed by atoms with E-state index >= 15 is 0 Å². The molecule has 0 spiro atoms. The van der Waals surface area contributed by atoms with Crippen LogP contribution < -0.4 is 0 Å². The lowest BCUT2D eigenvalue weighted by atomic mass is 10.1. The van der Waals surface area contributed by atoms with E-state index in [1.54, 1.807) is 0 Å². The van der Waals surface area contributed by atoms with Crippen molar-refractivity contribution in [3.8, 4) is 0 Å². The molecule has 0 aromatic carbocycles. The fourth-order valence-electron chi connectivity index (χ4n) is 2.78. The fraction of sp³-hybridized carbons (Fsp3) is 0.750. The minimum Gasteiger partial charge on any atom is -0.388 e. The van der Waals surface area contributed by atoms with Gasteiger partial charge in [0.05, 0.1) is 6.10 Å². The Morgan fingerprint density at radius 2 is 1.94 bits per heavy atom. The first-order valence-corrected chi connectivity index (χ1v) is 8.42. The maximum atomic E-state index is 10.2. The standard InChI is InChI=1S/C16H26OS/c1-2-3-4-5-6-7-10-14(17)16-12-13-9-8-11-15(13)18-16/h12,14,17H,2-11H2,1H3. The molecular weight excluding hydrogens is 240 g/mol. The number of aliphatic hydroxyl groups excluding tert-OH is 1. The Hall–Kier alpha value is -0.340. The highest BCUT2D eigenvalue weighted by Gasteiger charge is 2.18. The van der Waals surface area contributed by atoms with Crippen LogP contribution in [0.25, 0.3) is 0 Å². The van der Waals surface area contributed by atoms with Gasteiger partial charge in [0, 0.05) is 9.75 Å². The van der Waals surface area contributed by atoms with Gasteiger partial charge in [-0.15, -0.1) is 11.3 Å². The van der Waals surface area contributed by atoms with E-state index < -0.39 is 0 Å². The van der Waals surface area contributed by atoms with Crippen molar-refractivity contribution >= 4 is 11.3 Å². The summed E-state index contributed by atoms with van der Waals surface area (Å²) in [4.78, 5) is 2.75. The van der Waals surface area contributed by atoms with Crippen LogP contribution in [0.3, 0.4) is 0 Å². The van der Waals surface area contributed by atoms with Gasteiger partial charge in [0.25, 0.3) is 0 Å². The molecule has 1 aromatic rings. The molecule has 1 unspecified atom stereocenters. The van der Waals surface area contributed by atoms with E-state index in [4.69, 9.17) is 0 Å². The largest absolute Gasteiger partial charge is 0.388 e. The molecule has 1 nitrogen and oxygen atoms in total. The summed E-state index contributed by atoms with van der Waals surface area (Å²) in [5.74, 6) is 0. The van der Waals surface area contributed by atoms with Gasteiger partial charge in [0.15, 0.2) is 0 Å². The Balaban J connectivity index is 1.66. The molecule has 0 radical (unpaired) electrons. The monoisotopic (exact) mass is 266 g/mol. The second-order valence-electron chi connectivity index (χ2n) is 5.52. The lowest BCUT2D eigenvalue weighted by Gasteiger charge is -2.08. The third kappa shape index (κ3) is 3.83. The molecule has 1 aromatic heterocycles. The highest BCUT2D eigenvalue weighted by Crippen LogP contribution is 2.35. The predicted molar refractivity (Wildman–Crippen MR) is 79.3 cm³/mol. The minimum absolute atomic E-state index is 0.202. The average Bonchev–Trinajstić information content (AvgIpc) is 2.93. The van der Waals surface area contributed by atoms with Gasteiger partial charge in [-0.05, 0) is 37.3 Å². The quantitative estimate of drug-likeness (QED) is 0.655. The number of fused-ring (bicyclic) bond motifs is 1. The Bertz CT molecular complexity index is 334. The molecule has 0 amide bonds. The van der Waals surface area contributed by atoms with Crippen molar-refractivity contribution in [1.29, 1.82) is 0 Å². The SMILES string of the molecule is CCCCCCCCC(O)c1cc2c(s1)CCC2. The average molecular weight is 266 g/mol. The number of hydrogen-bond acceptors (Lipinski definition) is 2. The maximum Gasteiger partial charge on any atom is 0.0882 e. The molecule has 1 aliphatic carbocycles. The van der Waals surface area contributed by atoms with E-state index in [0.717, 1.165) is 6.42 Å². The van der Waals surface area contributed by atoms with Crippen molar-refractivity contribution in [2.75, 3.05) is 0 Å². The van der Waals surface area contributed by atoms with Crippen LogP contribution >= 0.6 is 11.3 Å². The van der Waals surface area contributed by atoms with E-state index in [0.29, 0.717) is 0 Å².